The molecule has 0 saturated heterocycles. The van der Waals surface area contributed by atoms with Crippen molar-refractivity contribution in [1.82, 2.24) is 19.2 Å². The molecule has 4 heterocycles. The van der Waals surface area contributed by atoms with Gasteiger partial charge in [-0.1, -0.05) is 19.1 Å². The van der Waals surface area contributed by atoms with Crippen LogP contribution in [-0.4, -0.2) is 26.0 Å². The van der Waals surface area contributed by atoms with Crippen molar-refractivity contribution in [2.45, 2.75) is 13.3 Å². The Morgan fingerprint density at radius 2 is 1.88 bits per heavy atom. The van der Waals surface area contributed by atoms with E-state index in [1.54, 1.807) is 45.7 Å². The van der Waals surface area contributed by atoms with Crippen molar-refractivity contribution >= 4 is 16.6 Å². The predicted octanol–water partition coefficient (Wildman–Crippen LogP) is 4.13. The molecule has 8 heteroatoms. The van der Waals surface area contributed by atoms with Gasteiger partial charge in [-0.3, -0.25) is 9.36 Å². The van der Waals surface area contributed by atoms with E-state index < -0.39 is 0 Å². The molecular weight excluding hydrogens is 411 g/mol. The number of fused-ring (bicyclic) bond motifs is 4. The zero-order valence-electron chi connectivity index (χ0n) is 17.1. The second kappa shape index (κ2) is 6.91. The molecule has 3 aromatic heterocycles. The molecule has 0 unspecified atom stereocenters. The van der Waals surface area contributed by atoms with E-state index in [0.29, 0.717) is 40.2 Å². The highest BCUT2D eigenvalue weighted by Crippen LogP contribution is 2.34. The minimum Gasteiger partial charge on any atom is -0.454 e. The largest absolute Gasteiger partial charge is 0.454 e. The molecular formula is C24H17FN4O3. The lowest BCUT2D eigenvalue weighted by Gasteiger charge is -2.09. The van der Waals surface area contributed by atoms with Gasteiger partial charge in [-0.05, 0) is 42.3 Å². The van der Waals surface area contributed by atoms with E-state index in [1.165, 1.54) is 12.1 Å². The van der Waals surface area contributed by atoms with Crippen LogP contribution in [0.3, 0.4) is 0 Å². The van der Waals surface area contributed by atoms with E-state index >= 15 is 0 Å². The third kappa shape index (κ3) is 2.69. The smallest absolute Gasteiger partial charge is 0.266 e. The summed E-state index contributed by atoms with van der Waals surface area (Å²) in [6.07, 6.45) is 3.96. The Balaban J connectivity index is 1.56. The molecule has 1 aliphatic heterocycles. The van der Waals surface area contributed by atoms with Crippen molar-refractivity contribution < 1.29 is 13.9 Å². The first-order valence-corrected chi connectivity index (χ1v) is 10.2. The summed E-state index contributed by atoms with van der Waals surface area (Å²) in [7, 11) is 0. The first-order valence-electron chi connectivity index (χ1n) is 10.2. The molecule has 7 nitrogen and oxygen atoms in total. The normalized spacial score (nSPS) is 12.7. The lowest BCUT2D eigenvalue weighted by molar-refractivity contribution is 0.174. The van der Waals surface area contributed by atoms with Crippen molar-refractivity contribution in [3.63, 3.8) is 0 Å². The Labute approximate surface area is 181 Å². The summed E-state index contributed by atoms with van der Waals surface area (Å²) in [6.45, 7) is 2.17. The lowest BCUT2D eigenvalue weighted by atomic mass is 10.0. The first kappa shape index (κ1) is 18.6. The van der Waals surface area contributed by atoms with E-state index in [9.17, 15) is 9.18 Å². The zero-order chi connectivity index (χ0) is 21.8. The molecule has 0 aliphatic carbocycles. The SMILES string of the molecule is CCc1nn2c(ncc3c(=O)n(-c4ccc5c(c4)OCO5)ccc32)c1-c1ccc(F)cc1. The summed E-state index contributed by atoms with van der Waals surface area (Å²) in [5, 5.41) is 5.16. The summed E-state index contributed by atoms with van der Waals surface area (Å²) >= 11 is 0. The highest BCUT2D eigenvalue weighted by molar-refractivity contribution is 5.86. The number of hydrogen-bond acceptors (Lipinski definition) is 5. The van der Waals surface area contributed by atoms with E-state index in [4.69, 9.17) is 14.6 Å². The Kier molecular flexibility index (Phi) is 4.01. The van der Waals surface area contributed by atoms with E-state index in [1.807, 2.05) is 19.1 Å². The van der Waals surface area contributed by atoms with Crippen LogP contribution in [0.1, 0.15) is 12.6 Å². The summed E-state index contributed by atoms with van der Waals surface area (Å²) in [5.74, 6) is 0.959. The third-order valence-corrected chi connectivity index (χ3v) is 5.69. The standard InChI is InChI=1S/C24H17FN4O3/c1-2-18-22(14-3-5-15(25)6-4-14)23-26-12-17-19(29(23)27-18)9-10-28(24(17)30)16-7-8-20-21(11-16)32-13-31-20/h3-12H,2,13H2,1H3. The summed E-state index contributed by atoms with van der Waals surface area (Å²) in [4.78, 5) is 17.9. The van der Waals surface area contributed by atoms with Gasteiger partial charge in [0.05, 0.1) is 22.3 Å². The second-order valence-corrected chi connectivity index (χ2v) is 7.50. The topological polar surface area (TPSA) is 70.7 Å². The van der Waals surface area contributed by atoms with E-state index in [0.717, 1.165) is 16.8 Å². The highest BCUT2D eigenvalue weighted by Gasteiger charge is 2.19. The minimum atomic E-state index is -0.300. The Morgan fingerprint density at radius 3 is 2.69 bits per heavy atom. The van der Waals surface area contributed by atoms with Crippen molar-refractivity contribution in [3.8, 4) is 28.3 Å². The van der Waals surface area contributed by atoms with Crippen LogP contribution >= 0.6 is 0 Å². The van der Waals surface area contributed by atoms with Crippen molar-refractivity contribution in [1.29, 1.82) is 0 Å². The summed E-state index contributed by atoms with van der Waals surface area (Å²) in [5.41, 5.74) is 4.24. The summed E-state index contributed by atoms with van der Waals surface area (Å²) in [6, 6.07) is 13.5. The number of aryl methyl sites for hydroxylation is 1. The van der Waals surface area contributed by atoms with Crippen LogP contribution in [0.2, 0.25) is 0 Å². The number of rotatable bonds is 3. The van der Waals surface area contributed by atoms with Crippen molar-refractivity contribution in [2.24, 2.45) is 0 Å². The Bertz CT molecular complexity index is 1570. The average molecular weight is 428 g/mol. The van der Waals surface area contributed by atoms with Crippen LogP contribution in [0.25, 0.3) is 33.4 Å². The molecule has 0 amide bonds. The van der Waals surface area contributed by atoms with Gasteiger partial charge < -0.3 is 9.47 Å². The molecule has 2 aromatic carbocycles. The molecule has 5 aromatic rings. The first-order chi connectivity index (χ1) is 15.6. The number of ether oxygens (including phenoxy) is 2. The number of benzene rings is 2. The average Bonchev–Trinajstić information content (AvgIpc) is 3.43. The molecule has 0 fully saturated rings. The van der Waals surface area contributed by atoms with Crippen LogP contribution in [-0.2, 0) is 6.42 Å². The Hall–Kier alpha value is -4.20. The molecule has 0 atom stereocenters. The van der Waals surface area contributed by atoms with Crippen molar-refractivity contribution in [3.05, 3.63) is 82.8 Å². The van der Waals surface area contributed by atoms with Crippen LogP contribution in [0.4, 0.5) is 4.39 Å². The number of halogens is 1. The maximum Gasteiger partial charge on any atom is 0.266 e. The van der Waals surface area contributed by atoms with Gasteiger partial charge in [-0.2, -0.15) is 5.10 Å². The van der Waals surface area contributed by atoms with Crippen LogP contribution in [0.15, 0.2) is 65.7 Å². The van der Waals surface area contributed by atoms with Gasteiger partial charge in [0.2, 0.25) is 6.79 Å². The van der Waals surface area contributed by atoms with Gasteiger partial charge in [0.25, 0.3) is 5.56 Å². The molecule has 0 saturated carbocycles. The molecule has 158 valence electrons. The van der Waals surface area contributed by atoms with Gasteiger partial charge in [0.15, 0.2) is 17.1 Å². The van der Waals surface area contributed by atoms with Crippen LogP contribution in [0.5, 0.6) is 11.5 Å². The maximum atomic E-state index is 13.4. The van der Waals surface area contributed by atoms with Gasteiger partial charge in [-0.15, -0.1) is 0 Å². The number of nitrogens with zero attached hydrogens (tertiary/aromatic N) is 4. The maximum absolute atomic E-state index is 13.4. The van der Waals surface area contributed by atoms with Crippen LogP contribution < -0.4 is 15.0 Å². The van der Waals surface area contributed by atoms with E-state index in [-0.39, 0.29) is 18.2 Å². The van der Waals surface area contributed by atoms with Gasteiger partial charge >= 0.3 is 0 Å². The molecule has 1 aliphatic rings. The molecule has 0 spiro atoms. The second-order valence-electron chi connectivity index (χ2n) is 7.50. The highest BCUT2D eigenvalue weighted by atomic mass is 19.1. The van der Waals surface area contributed by atoms with Gasteiger partial charge in [0.1, 0.15) is 5.82 Å². The molecule has 0 N–H and O–H groups in total. The lowest BCUT2D eigenvalue weighted by Crippen LogP contribution is -2.18. The monoisotopic (exact) mass is 428 g/mol. The fraction of sp³-hybridized carbons (Fsp3) is 0.125. The molecule has 0 radical (unpaired) electrons. The van der Waals surface area contributed by atoms with Gasteiger partial charge in [0, 0.05) is 24.0 Å². The Morgan fingerprint density at radius 1 is 1.06 bits per heavy atom. The molecule has 6 rings (SSSR count). The number of hydrogen-bond donors (Lipinski definition) is 0. The van der Waals surface area contributed by atoms with E-state index in [2.05, 4.69) is 4.98 Å². The fourth-order valence-electron chi connectivity index (χ4n) is 4.11. The number of aromatic nitrogens is 4. The van der Waals surface area contributed by atoms with Gasteiger partial charge in [-0.25, -0.2) is 13.9 Å². The quantitative estimate of drug-likeness (QED) is 0.432. The third-order valence-electron chi connectivity index (χ3n) is 5.69. The molecule has 32 heavy (non-hydrogen) atoms. The number of pyridine rings is 1. The minimum absolute atomic E-state index is 0.169. The molecule has 0 bridgehead atoms. The van der Waals surface area contributed by atoms with Crippen LogP contribution in [0, 0.1) is 5.82 Å². The predicted molar refractivity (Wildman–Crippen MR) is 117 cm³/mol. The summed E-state index contributed by atoms with van der Waals surface area (Å²) < 4.78 is 27.5. The fourth-order valence-corrected chi connectivity index (χ4v) is 4.11. The zero-order valence-corrected chi connectivity index (χ0v) is 17.1. The van der Waals surface area contributed by atoms with Crippen molar-refractivity contribution in [2.75, 3.05) is 6.79 Å².